The molecule has 4 aromatic rings. The third-order valence-corrected chi connectivity index (χ3v) is 7.21. The van der Waals surface area contributed by atoms with Crippen LogP contribution < -0.4 is 0 Å². The SMILES string of the molecule is CC.CC.CC.CC.O=C1c2cccc3cccc(c23)C(=O)N1CCOCCCOCCN1C(=O)c2cccc3cccc(c23)C1=O. The summed E-state index contributed by atoms with van der Waals surface area (Å²) in [6, 6.07) is 21.8. The Kier molecular flexibility index (Phi) is 16.5. The molecule has 0 spiro atoms. The molecule has 6 rings (SSSR count). The Labute approximate surface area is 279 Å². The highest BCUT2D eigenvalue weighted by Gasteiger charge is 2.33. The van der Waals surface area contributed by atoms with Gasteiger partial charge in [0.1, 0.15) is 0 Å². The van der Waals surface area contributed by atoms with Gasteiger partial charge in [-0.2, -0.15) is 0 Å². The highest BCUT2D eigenvalue weighted by molar-refractivity contribution is 6.26. The maximum atomic E-state index is 12.9. The van der Waals surface area contributed by atoms with E-state index in [-0.39, 0.29) is 49.9 Å². The van der Waals surface area contributed by atoms with Gasteiger partial charge in [0.05, 0.1) is 26.3 Å². The van der Waals surface area contributed by atoms with Crippen molar-refractivity contribution in [3.05, 3.63) is 95.1 Å². The van der Waals surface area contributed by atoms with Crippen molar-refractivity contribution in [2.24, 2.45) is 0 Å². The molecule has 0 bridgehead atoms. The second-order valence-electron chi connectivity index (χ2n) is 9.52. The molecule has 0 unspecified atom stereocenters. The van der Waals surface area contributed by atoms with Crippen molar-refractivity contribution in [2.45, 2.75) is 61.8 Å². The van der Waals surface area contributed by atoms with Gasteiger partial charge in [-0.05, 0) is 41.5 Å². The van der Waals surface area contributed by atoms with Gasteiger partial charge in [0.25, 0.3) is 23.6 Å². The first-order valence-corrected chi connectivity index (χ1v) is 17.0. The third-order valence-electron chi connectivity index (χ3n) is 7.21. The molecule has 0 radical (unpaired) electrons. The van der Waals surface area contributed by atoms with Crippen LogP contribution in [0.4, 0.5) is 0 Å². The lowest BCUT2D eigenvalue weighted by molar-refractivity contribution is 0.0437. The summed E-state index contributed by atoms with van der Waals surface area (Å²) in [5, 5.41) is 3.16. The molecule has 4 amide bonds. The van der Waals surface area contributed by atoms with Crippen molar-refractivity contribution in [1.29, 1.82) is 0 Å². The molecule has 0 saturated heterocycles. The molecule has 0 N–H and O–H groups in total. The van der Waals surface area contributed by atoms with Gasteiger partial charge in [0.2, 0.25) is 0 Å². The molecular weight excluding hydrogens is 592 g/mol. The summed E-state index contributed by atoms with van der Waals surface area (Å²) in [6.45, 7) is 17.5. The van der Waals surface area contributed by atoms with Crippen molar-refractivity contribution in [1.82, 2.24) is 9.80 Å². The molecule has 2 aliphatic rings. The monoisotopic (exact) mass is 642 g/mol. The minimum absolute atomic E-state index is 0.163. The summed E-state index contributed by atoms with van der Waals surface area (Å²) < 4.78 is 11.3. The minimum atomic E-state index is -0.308. The predicted octanol–water partition coefficient (Wildman–Crippen LogP) is 8.41. The number of carbonyl (C=O) groups is 4. The molecule has 0 fully saturated rings. The largest absolute Gasteiger partial charge is 0.380 e. The van der Waals surface area contributed by atoms with Crippen LogP contribution in [-0.4, -0.2) is 72.9 Å². The molecule has 252 valence electrons. The zero-order chi connectivity index (χ0) is 34.9. The molecule has 4 aromatic carbocycles. The van der Waals surface area contributed by atoms with E-state index >= 15 is 0 Å². The van der Waals surface area contributed by atoms with E-state index in [2.05, 4.69) is 0 Å². The van der Waals surface area contributed by atoms with Gasteiger partial charge in [-0.25, -0.2) is 0 Å². The van der Waals surface area contributed by atoms with Crippen LogP contribution in [0.25, 0.3) is 21.5 Å². The number of benzene rings is 4. The van der Waals surface area contributed by atoms with Gasteiger partial charge in [-0.1, -0.05) is 104 Å². The van der Waals surface area contributed by atoms with Crippen LogP contribution in [0.3, 0.4) is 0 Å². The van der Waals surface area contributed by atoms with Crippen molar-refractivity contribution >= 4 is 45.2 Å². The number of ether oxygens (including phenoxy) is 2. The molecule has 0 aromatic heterocycles. The number of amides is 4. The molecular formula is C39H50N2O6. The first-order chi connectivity index (χ1) is 23.1. The Bertz CT molecular complexity index is 1420. The van der Waals surface area contributed by atoms with Gasteiger partial charge in [-0.3, -0.25) is 29.0 Å². The smallest absolute Gasteiger partial charge is 0.261 e. The average Bonchev–Trinajstić information content (AvgIpc) is 3.14. The number of hydrogen-bond acceptors (Lipinski definition) is 6. The first kappa shape index (κ1) is 38.8. The topological polar surface area (TPSA) is 93.2 Å². The quantitative estimate of drug-likeness (QED) is 0.127. The van der Waals surface area contributed by atoms with Gasteiger partial charge in [-0.15, -0.1) is 0 Å². The van der Waals surface area contributed by atoms with Crippen molar-refractivity contribution in [3.63, 3.8) is 0 Å². The predicted molar refractivity (Wildman–Crippen MR) is 190 cm³/mol. The molecule has 8 nitrogen and oxygen atoms in total. The van der Waals surface area contributed by atoms with Crippen LogP contribution in [0.15, 0.2) is 72.8 Å². The number of nitrogens with zero attached hydrogens (tertiary/aromatic N) is 2. The molecule has 2 aliphatic heterocycles. The molecule has 8 heteroatoms. The van der Waals surface area contributed by atoms with Crippen LogP contribution in [0.1, 0.15) is 103 Å². The Balaban J connectivity index is 0.000000894. The number of hydrogen-bond donors (Lipinski definition) is 0. The lowest BCUT2D eigenvalue weighted by Crippen LogP contribution is -2.42. The maximum absolute atomic E-state index is 12.9. The molecule has 0 saturated carbocycles. The van der Waals surface area contributed by atoms with Crippen LogP contribution in [0.5, 0.6) is 0 Å². The fraction of sp³-hybridized carbons (Fsp3) is 0.385. The summed E-state index contributed by atoms with van der Waals surface area (Å²) in [4.78, 5) is 54.2. The van der Waals surface area contributed by atoms with Crippen LogP contribution >= 0.6 is 0 Å². The van der Waals surface area contributed by atoms with Crippen LogP contribution in [-0.2, 0) is 9.47 Å². The van der Waals surface area contributed by atoms with E-state index in [0.717, 1.165) is 10.8 Å². The summed E-state index contributed by atoms with van der Waals surface area (Å²) in [5.74, 6) is -1.23. The van der Waals surface area contributed by atoms with E-state index in [4.69, 9.17) is 9.47 Å². The lowest BCUT2D eigenvalue weighted by atomic mass is 9.94. The second kappa shape index (κ2) is 20.0. The first-order valence-electron chi connectivity index (χ1n) is 17.0. The molecule has 0 aliphatic carbocycles. The molecule has 0 atom stereocenters. The number of rotatable bonds is 10. The van der Waals surface area contributed by atoms with Crippen molar-refractivity contribution < 1.29 is 28.7 Å². The van der Waals surface area contributed by atoms with E-state index in [1.807, 2.05) is 104 Å². The Morgan fingerprint density at radius 1 is 0.426 bits per heavy atom. The van der Waals surface area contributed by atoms with Gasteiger partial charge >= 0.3 is 0 Å². The van der Waals surface area contributed by atoms with Gasteiger partial charge in [0, 0.05) is 46.2 Å². The van der Waals surface area contributed by atoms with Crippen molar-refractivity contribution in [3.8, 4) is 0 Å². The van der Waals surface area contributed by atoms with Gasteiger partial charge < -0.3 is 9.47 Å². The fourth-order valence-electron chi connectivity index (χ4n) is 5.35. The standard InChI is InChI=1S/C31H26N2O6.4C2H6/c34-28-22-10-1-6-20-7-2-11-23(26(20)22)29(35)32(28)14-18-38-16-5-17-39-19-15-33-30(36)24-12-3-8-21-9-4-13-25(27(21)24)31(33)37;4*1-2/h1-4,6-13H,5,14-19H2;4*1-2H3. The summed E-state index contributed by atoms with van der Waals surface area (Å²) >= 11 is 0. The van der Waals surface area contributed by atoms with Crippen LogP contribution in [0, 0.1) is 0 Å². The normalized spacial score (nSPS) is 12.7. The average molecular weight is 643 g/mol. The lowest BCUT2D eigenvalue weighted by Gasteiger charge is -2.27. The van der Waals surface area contributed by atoms with E-state index in [1.165, 1.54) is 9.80 Å². The highest BCUT2D eigenvalue weighted by Crippen LogP contribution is 2.31. The number of carbonyl (C=O) groups excluding carboxylic acids is 4. The molecule has 2 heterocycles. The zero-order valence-electron chi connectivity index (χ0n) is 29.2. The summed E-state index contributed by atoms with van der Waals surface area (Å²) in [6.07, 6.45) is 0.591. The molecule has 47 heavy (non-hydrogen) atoms. The van der Waals surface area contributed by atoms with E-state index in [1.54, 1.807) is 24.3 Å². The summed E-state index contributed by atoms with van der Waals surface area (Å²) in [7, 11) is 0. The highest BCUT2D eigenvalue weighted by atomic mass is 16.5. The third kappa shape index (κ3) is 8.50. The van der Waals surface area contributed by atoms with Gasteiger partial charge in [0.15, 0.2) is 0 Å². The van der Waals surface area contributed by atoms with Crippen molar-refractivity contribution in [2.75, 3.05) is 39.5 Å². The second-order valence-corrected chi connectivity index (χ2v) is 9.52. The summed E-state index contributed by atoms with van der Waals surface area (Å²) in [5.41, 5.74) is 2.12. The van der Waals surface area contributed by atoms with E-state index in [0.29, 0.717) is 52.7 Å². The Hall–Kier alpha value is -4.40. The zero-order valence-corrected chi connectivity index (χ0v) is 29.2. The Morgan fingerprint density at radius 2 is 0.702 bits per heavy atom. The number of imide groups is 2. The fourth-order valence-corrected chi connectivity index (χ4v) is 5.35. The van der Waals surface area contributed by atoms with E-state index < -0.39 is 0 Å². The van der Waals surface area contributed by atoms with Crippen LogP contribution in [0.2, 0.25) is 0 Å². The maximum Gasteiger partial charge on any atom is 0.261 e. The minimum Gasteiger partial charge on any atom is -0.380 e. The van der Waals surface area contributed by atoms with E-state index in [9.17, 15) is 19.2 Å². The Morgan fingerprint density at radius 3 is 0.979 bits per heavy atom.